The topological polar surface area (TPSA) is 41.6 Å². The predicted octanol–water partition coefficient (Wildman–Crippen LogP) is 4.39. The van der Waals surface area contributed by atoms with Crippen molar-refractivity contribution in [2.24, 2.45) is 0 Å². The summed E-state index contributed by atoms with van der Waals surface area (Å²) in [7, 11) is 0. The molecule has 0 saturated heterocycles. The SMILES string of the molecule is O=C(NC(=S)N1CCc2ccccc21)c1cccc(OCCc2ccccc2)c1. The quantitative estimate of drug-likeness (QED) is 0.643. The summed E-state index contributed by atoms with van der Waals surface area (Å²) in [6.45, 7) is 1.33. The van der Waals surface area contributed by atoms with Crippen molar-refractivity contribution in [2.75, 3.05) is 18.1 Å². The second-order valence-electron chi connectivity index (χ2n) is 6.90. The van der Waals surface area contributed by atoms with Gasteiger partial charge in [-0.15, -0.1) is 0 Å². The fourth-order valence-electron chi connectivity index (χ4n) is 3.44. The van der Waals surface area contributed by atoms with Gasteiger partial charge in [-0.25, -0.2) is 0 Å². The molecule has 29 heavy (non-hydrogen) atoms. The van der Waals surface area contributed by atoms with Gasteiger partial charge in [-0.3, -0.25) is 10.1 Å². The Bertz CT molecular complexity index is 1020. The van der Waals surface area contributed by atoms with E-state index in [-0.39, 0.29) is 5.91 Å². The molecule has 0 spiro atoms. The number of hydrogen-bond acceptors (Lipinski definition) is 3. The maximum Gasteiger partial charge on any atom is 0.257 e. The number of thiocarbonyl (C=S) groups is 1. The van der Waals surface area contributed by atoms with E-state index in [1.165, 1.54) is 11.1 Å². The fraction of sp³-hybridized carbons (Fsp3) is 0.167. The van der Waals surface area contributed by atoms with Gasteiger partial charge in [-0.2, -0.15) is 0 Å². The van der Waals surface area contributed by atoms with Crippen molar-refractivity contribution in [3.8, 4) is 5.75 Å². The molecular formula is C24H22N2O2S. The molecule has 5 heteroatoms. The third-order valence-corrected chi connectivity index (χ3v) is 5.27. The summed E-state index contributed by atoms with van der Waals surface area (Å²) >= 11 is 5.49. The first-order valence-electron chi connectivity index (χ1n) is 9.68. The molecule has 0 fully saturated rings. The third-order valence-electron chi connectivity index (χ3n) is 4.95. The summed E-state index contributed by atoms with van der Waals surface area (Å²) in [5.74, 6) is 0.443. The van der Waals surface area contributed by atoms with Crippen LogP contribution in [0.2, 0.25) is 0 Å². The molecule has 1 heterocycles. The van der Waals surface area contributed by atoms with E-state index in [4.69, 9.17) is 17.0 Å². The van der Waals surface area contributed by atoms with Gasteiger partial charge >= 0.3 is 0 Å². The molecule has 0 unspecified atom stereocenters. The maximum absolute atomic E-state index is 12.7. The summed E-state index contributed by atoms with van der Waals surface area (Å²) in [6, 6.07) is 25.5. The first-order chi connectivity index (χ1) is 14.2. The number of anilines is 1. The number of carbonyl (C=O) groups is 1. The lowest BCUT2D eigenvalue weighted by Crippen LogP contribution is -2.41. The van der Waals surface area contributed by atoms with Crippen LogP contribution in [0.1, 0.15) is 21.5 Å². The molecule has 0 aliphatic carbocycles. The van der Waals surface area contributed by atoms with Crippen molar-refractivity contribution >= 4 is 28.9 Å². The highest BCUT2D eigenvalue weighted by atomic mass is 32.1. The lowest BCUT2D eigenvalue weighted by Gasteiger charge is -2.20. The van der Waals surface area contributed by atoms with Crippen LogP contribution in [-0.4, -0.2) is 24.2 Å². The van der Waals surface area contributed by atoms with Crippen LogP contribution in [0.4, 0.5) is 5.69 Å². The Morgan fingerprint density at radius 2 is 1.79 bits per heavy atom. The summed E-state index contributed by atoms with van der Waals surface area (Å²) in [4.78, 5) is 14.7. The second kappa shape index (κ2) is 8.88. The zero-order valence-electron chi connectivity index (χ0n) is 16.0. The smallest absolute Gasteiger partial charge is 0.257 e. The number of para-hydroxylation sites is 1. The lowest BCUT2D eigenvalue weighted by molar-refractivity contribution is 0.0976. The zero-order chi connectivity index (χ0) is 20.1. The molecule has 1 aliphatic heterocycles. The number of amides is 1. The zero-order valence-corrected chi connectivity index (χ0v) is 16.8. The number of fused-ring (bicyclic) bond motifs is 1. The number of ether oxygens (including phenoxy) is 1. The molecule has 3 aromatic rings. The Morgan fingerprint density at radius 3 is 2.66 bits per heavy atom. The molecule has 3 aromatic carbocycles. The molecule has 0 radical (unpaired) electrons. The molecule has 1 aliphatic rings. The minimum absolute atomic E-state index is 0.229. The van der Waals surface area contributed by atoms with Crippen molar-refractivity contribution in [3.05, 3.63) is 95.6 Å². The van der Waals surface area contributed by atoms with E-state index < -0.39 is 0 Å². The summed E-state index contributed by atoms with van der Waals surface area (Å²) < 4.78 is 5.83. The molecule has 0 bridgehead atoms. The van der Waals surface area contributed by atoms with Gasteiger partial charge in [0.1, 0.15) is 5.75 Å². The number of carbonyl (C=O) groups excluding carboxylic acids is 1. The van der Waals surface area contributed by atoms with Crippen LogP contribution in [0.15, 0.2) is 78.9 Å². The van der Waals surface area contributed by atoms with Crippen LogP contribution in [0.3, 0.4) is 0 Å². The summed E-state index contributed by atoms with van der Waals surface area (Å²) in [5.41, 5.74) is 4.06. The van der Waals surface area contributed by atoms with E-state index in [0.717, 1.165) is 25.1 Å². The molecule has 0 aromatic heterocycles. The molecule has 146 valence electrons. The van der Waals surface area contributed by atoms with E-state index in [2.05, 4.69) is 23.5 Å². The minimum Gasteiger partial charge on any atom is -0.493 e. The Kier molecular flexibility index (Phi) is 5.86. The molecule has 4 nitrogen and oxygen atoms in total. The van der Waals surface area contributed by atoms with Crippen LogP contribution in [0, 0.1) is 0 Å². The van der Waals surface area contributed by atoms with Gasteiger partial charge in [0.15, 0.2) is 5.11 Å². The van der Waals surface area contributed by atoms with E-state index >= 15 is 0 Å². The van der Waals surface area contributed by atoms with Crippen LogP contribution in [-0.2, 0) is 12.8 Å². The van der Waals surface area contributed by atoms with E-state index in [9.17, 15) is 4.79 Å². The number of nitrogens with zero attached hydrogens (tertiary/aromatic N) is 1. The third kappa shape index (κ3) is 4.63. The van der Waals surface area contributed by atoms with Gasteiger partial charge in [0.05, 0.1) is 6.61 Å². The average Bonchev–Trinajstić information content (AvgIpc) is 3.19. The van der Waals surface area contributed by atoms with Gasteiger partial charge < -0.3 is 9.64 Å². The molecular weight excluding hydrogens is 380 g/mol. The number of hydrogen-bond donors (Lipinski definition) is 1. The molecule has 0 atom stereocenters. The van der Waals surface area contributed by atoms with Crippen LogP contribution >= 0.6 is 12.2 Å². The Balaban J connectivity index is 1.35. The summed E-state index contributed by atoms with van der Waals surface area (Å²) in [6.07, 6.45) is 1.74. The monoisotopic (exact) mass is 402 g/mol. The second-order valence-corrected chi connectivity index (χ2v) is 7.29. The molecule has 0 saturated carbocycles. The number of nitrogens with one attached hydrogen (secondary N) is 1. The van der Waals surface area contributed by atoms with Crippen LogP contribution in [0.5, 0.6) is 5.75 Å². The maximum atomic E-state index is 12.7. The van der Waals surface area contributed by atoms with Crippen molar-refractivity contribution in [3.63, 3.8) is 0 Å². The highest BCUT2D eigenvalue weighted by Crippen LogP contribution is 2.27. The molecule has 4 rings (SSSR count). The molecule has 1 N–H and O–H groups in total. The van der Waals surface area contributed by atoms with Gasteiger partial charge in [-0.1, -0.05) is 54.6 Å². The summed E-state index contributed by atoms with van der Waals surface area (Å²) in [5, 5.41) is 3.28. The normalized spacial score (nSPS) is 12.3. The highest BCUT2D eigenvalue weighted by Gasteiger charge is 2.23. The van der Waals surface area contributed by atoms with Gasteiger partial charge in [0.2, 0.25) is 0 Å². The Hall–Kier alpha value is -3.18. The highest BCUT2D eigenvalue weighted by molar-refractivity contribution is 7.80. The first kappa shape index (κ1) is 19.2. The fourth-order valence-corrected chi connectivity index (χ4v) is 3.73. The van der Waals surface area contributed by atoms with Gasteiger partial charge in [-0.05, 0) is 54.0 Å². The van der Waals surface area contributed by atoms with Crippen LogP contribution < -0.4 is 15.0 Å². The number of benzene rings is 3. The van der Waals surface area contributed by atoms with Crippen molar-refractivity contribution in [2.45, 2.75) is 12.8 Å². The standard InChI is InChI=1S/C24H22N2O2S/c27-23(25-24(29)26-15-13-19-9-4-5-12-22(19)26)20-10-6-11-21(17-20)28-16-14-18-7-2-1-3-8-18/h1-12,17H,13-16H2,(H,25,27,29). The number of rotatable bonds is 5. The Morgan fingerprint density at radius 1 is 1.00 bits per heavy atom. The average molecular weight is 403 g/mol. The lowest BCUT2D eigenvalue weighted by atomic mass is 10.2. The van der Waals surface area contributed by atoms with E-state index in [1.54, 1.807) is 12.1 Å². The van der Waals surface area contributed by atoms with Crippen molar-refractivity contribution in [1.29, 1.82) is 0 Å². The van der Waals surface area contributed by atoms with E-state index in [0.29, 0.717) is 23.0 Å². The largest absolute Gasteiger partial charge is 0.493 e. The molecule has 1 amide bonds. The van der Waals surface area contributed by atoms with Crippen LogP contribution in [0.25, 0.3) is 0 Å². The predicted molar refractivity (Wildman–Crippen MR) is 120 cm³/mol. The first-order valence-corrected chi connectivity index (χ1v) is 10.1. The van der Waals surface area contributed by atoms with Crippen molar-refractivity contribution < 1.29 is 9.53 Å². The van der Waals surface area contributed by atoms with Gasteiger partial charge in [0.25, 0.3) is 5.91 Å². The van der Waals surface area contributed by atoms with E-state index in [1.807, 2.05) is 53.4 Å². The van der Waals surface area contributed by atoms with Crippen molar-refractivity contribution in [1.82, 2.24) is 5.32 Å². The Labute approximate surface area is 176 Å². The minimum atomic E-state index is -0.229. The van der Waals surface area contributed by atoms with Gasteiger partial charge in [0, 0.05) is 24.2 Å².